The van der Waals surface area contributed by atoms with Crippen LogP contribution in [-0.2, 0) is 11.4 Å². The minimum atomic E-state index is -0.308. The summed E-state index contributed by atoms with van der Waals surface area (Å²) in [5, 5.41) is -0.292. The molecule has 2 heterocycles. The number of nitrogens with zero attached hydrogens (tertiary/aromatic N) is 1. The molecule has 7 nitrogen and oxygen atoms in total. The normalized spacial score (nSPS) is 15.6. The van der Waals surface area contributed by atoms with Crippen molar-refractivity contribution in [3.63, 3.8) is 0 Å². The highest BCUT2D eigenvalue weighted by Gasteiger charge is 2.34. The summed E-state index contributed by atoms with van der Waals surface area (Å²) in [6, 6.07) is 19.0. The van der Waals surface area contributed by atoms with Crippen LogP contribution in [0.15, 0.2) is 65.6 Å². The third-order valence-corrected chi connectivity index (χ3v) is 6.72. The van der Waals surface area contributed by atoms with Gasteiger partial charge in [0, 0.05) is 0 Å². The van der Waals surface area contributed by atoms with E-state index >= 15 is 0 Å². The average Bonchev–Trinajstić information content (AvgIpc) is 3.45. The van der Waals surface area contributed by atoms with Crippen LogP contribution in [0.2, 0.25) is 0 Å². The van der Waals surface area contributed by atoms with E-state index in [9.17, 15) is 9.59 Å². The molecule has 0 unspecified atom stereocenters. The topological polar surface area (TPSA) is 74.3 Å². The van der Waals surface area contributed by atoms with Crippen LogP contribution in [0, 0.1) is 13.8 Å². The molecule has 0 spiro atoms. The highest BCUT2D eigenvalue weighted by molar-refractivity contribution is 8.18. The summed E-state index contributed by atoms with van der Waals surface area (Å²) in [5.74, 6) is 2.61. The molecule has 184 valence electrons. The van der Waals surface area contributed by atoms with Crippen molar-refractivity contribution in [3.05, 3.63) is 87.8 Å². The third kappa shape index (κ3) is 5.33. The highest BCUT2D eigenvalue weighted by atomic mass is 32.2. The molecule has 0 atom stereocenters. The quantitative estimate of drug-likeness (QED) is 0.364. The van der Waals surface area contributed by atoms with Crippen molar-refractivity contribution < 1.29 is 28.5 Å². The van der Waals surface area contributed by atoms with E-state index < -0.39 is 0 Å². The standard InChI is InChI=1S/C28H25NO6S/c1-18-3-4-19(2)24(13-18)32-12-11-29-27(30)26(36-28(29)31)15-20-5-8-22(9-6-20)33-16-21-7-10-23-25(14-21)35-17-34-23/h3-10,13-15H,11-12,16-17H2,1-2H3/b26-15-. The number of carbonyl (C=O) groups excluding carboxylic acids is 2. The molecule has 0 aliphatic carbocycles. The smallest absolute Gasteiger partial charge is 0.293 e. The number of benzene rings is 3. The summed E-state index contributed by atoms with van der Waals surface area (Å²) >= 11 is 0.940. The number of amides is 2. The molecule has 2 amide bonds. The van der Waals surface area contributed by atoms with Crippen LogP contribution in [-0.4, -0.2) is 36.0 Å². The molecular formula is C28H25NO6S. The predicted molar refractivity (Wildman–Crippen MR) is 137 cm³/mol. The van der Waals surface area contributed by atoms with E-state index in [1.165, 1.54) is 4.90 Å². The Kier molecular flexibility index (Phi) is 6.86. The van der Waals surface area contributed by atoms with E-state index in [-0.39, 0.29) is 31.1 Å². The Bertz CT molecular complexity index is 1330. The van der Waals surface area contributed by atoms with E-state index in [2.05, 4.69) is 0 Å². The maximum Gasteiger partial charge on any atom is 0.293 e. The van der Waals surface area contributed by atoms with Gasteiger partial charge in [0.05, 0.1) is 11.4 Å². The molecule has 1 saturated heterocycles. The van der Waals surface area contributed by atoms with E-state index in [1.807, 2.05) is 74.5 Å². The number of thioether (sulfide) groups is 1. The summed E-state index contributed by atoms with van der Waals surface area (Å²) in [7, 11) is 0. The summed E-state index contributed by atoms with van der Waals surface area (Å²) in [5.41, 5.74) is 3.88. The zero-order valence-corrected chi connectivity index (χ0v) is 20.8. The second kappa shape index (κ2) is 10.4. The zero-order chi connectivity index (χ0) is 25.1. The van der Waals surface area contributed by atoms with Crippen LogP contribution in [0.25, 0.3) is 6.08 Å². The fourth-order valence-electron chi connectivity index (χ4n) is 3.81. The van der Waals surface area contributed by atoms with Crippen LogP contribution in [0.1, 0.15) is 22.3 Å². The first-order chi connectivity index (χ1) is 17.5. The van der Waals surface area contributed by atoms with Crippen molar-refractivity contribution in [2.24, 2.45) is 0 Å². The molecule has 1 fully saturated rings. The molecule has 36 heavy (non-hydrogen) atoms. The van der Waals surface area contributed by atoms with Gasteiger partial charge in [-0.25, -0.2) is 0 Å². The molecule has 8 heteroatoms. The van der Waals surface area contributed by atoms with Gasteiger partial charge in [0.1, 0.15) is 24.7 Å². The van der Waals surface area contributed by atoms with Gasteiger partial charge in [0.15, 0.2) is 11.5 Å². The Balaban J connectivity index is 1.16. The lowest BCUT2D eigenvalue weighted by molar-refractivity contribution is -0.123. The first kappa shape index (κ1) is 23.8. The zero-order valence-electron chi connectivity index (χ0n) is 20.0. The Morgan fingerprint density at radius 1 is 0.944 bits per heavy atom. The second-order valence-corrected chi connectivity index (χ2v) is 9.49. The SMILES string of the molecule is Cc1ccc(C)c(OCCN2C(=O)S/C(=C\c3ccc(OCc4ccc5c(c4)OCO5)cc3)C2=O)c1. The predicted octanol–water partition coefficient (Wildman–Crippen LogP) is 5.73. The van der Waals surface area contributed by atoms with Gasteiger partial charge in [0.25, 0.3) is 11.1 Å². The molecule has 0 N–H and O–H groups in total. The van der Waals surface area contributed by atoms with Crippen LogP contribution in [0.3, 0.4) is 0 Å². The summed E-state index contributed by atoms with van der Waals surface area (Å²) in [6.45, 7) is 5.02. The van der Waals surface area contributed by atoms with Crippen LogP contribution in [0.5, 0.6) is 23.0 Å². The highest BCUT2D eigenvalue weighted by Crippen LogP contribution is 2.34. The molecule has 0 saturated carbocycles. The van der Waals surface area contributed by atoms with Crippen LogP contribution in [0.4, 0.5) is 4.79 Å². The van der Waals surface area contributed by atoms with Crippen molar-refractivity contribution in [1.29, 1.82) is 0 Å². The van der Waals surface area contributed by atoms with Gasteiger partial charge < -0.3 is 18.9 Å². The first-order valence-corrected chi connectivity index (χ1v) is 12.3. The van der Waals surface area contributed by atoms with Crippen molar-refractivity contribution >= 4 is 29.0 Å². The Morgan fingerprint density at radius 3 is 2.58 bits per heavy atom. The minimum absolute atomic E-state index is 0.196. The largest absolute Gasteiger partial charge is 0.491 e. The molecule has 2 aliphatic heterocycles. The van der Waals surface area contributed by atoms with Gasteiger partial charge in [-0.15, -0.1) is 0 Å². The molecule has 5 rings (SSSR count). The summed E-state index contributed by atoms with van der Waals surface area (Å²) < 4.78 is 22.4. The fourth-order valence-corrected chi connectivity index (χ4v) is 4.68. The number of fused-ring (bicyclic) bond motifs is 1. The number of ether oxygens (including phenoxy) is 4. The molecule has 0 bridgehead atoms. The molecule has 2 aliphatic rings. The molecular weight excluding hydrogens is 478 g/mol. The Hall–Kier alpha value is -3.91. The fraction of sp³-hybridized carbons (Fsp3) is 0.214. The van der Waals surface area contributed by atoms with Gasteiger partial charge in [-0.3, -0.25) is 14.5 Å². The first-order valence-electron chi connectivity index (χ1n) is 11.5. The molecule has 3 aromatic carbocycles. The molecule has 3 aromatic rings. The number of carbonyl (C=O) groups is 2. The Labute approximate surface area is 213 Å². The van der Waals surface area contributed by atoms with E-state index in [0.717, 1.165) is 51.3 Å². The number of hydrogen-bond acceptors (Lipinski definition) is 7. The average molecular weight is 504 g/mol. The van der Waals surface area contributed by atoms with Gasteiger partial charge in [-0.2, -0.15) is 0 Å². The lowest BCUT2D eigenvalue weighted by Crippen LogP contribution is -2.32. The van der Waals surface area contributed by atoms with Gasteiger partial charge in [-0.05, 0) is 84.3 Å². The lowest BCUT2D eigenvalue weighted by Gasteiger charge is -2.14. The van der Waals surface area contributed by atoms with E-state index in [0.29, 0.717) is 17.3 Å². The number of hydrogen-bond donors (Lipinski definition) is 0. The summed E-state index contributed by atoms with van der Waals surface area (Å²) in [4.78, 5) is 26.9. The van der Waals surface area contributed by atoms with E-state index in [4.69, 9.17) is 18.9 Å². The van der Waals surface area contributed by atoms with Gasteiger partial charge >= 0.3 is 0 Å². The van der Waals surface area contributed by atoms with E-state index in [1.54, 1.807) is 6.08 Å². The number of aryl methyl sites for hydroxylation is 2. The van der Waals surface area contributed by atoms with Crippen LogP contribution >= 0.6 is 11.8 Å². The second-order valence-electron chi connectivity index (χ2n) is 8.50. The van der Waals surface area contributed by atoms with Gasteiger partial charge in [0.2, 0.25) is 6.79 Å². The maximum absolute atomic E-state index is 12.8. The number of rotatable bonds is 8. The van der Waals surface area contributed by atoms with Gasteiger partial charge in [-0.1, -0.05) is 30.3 Å². The lowest BCUT2D eigenvalue weighted by atomic mass is 10.1. The Morgan fingerprint density at radius 2 is 1.75 bits per heavy atom. The molecule has 0 radical (unpaired) electrons. The van der Waals surface area contributed by atoms with Crippen molar-refractivity contribution in [1.82, 2.24) is 4.90 Å². The number of imide groups is 1. The maximum atomic E-state index is 12.8. The van der Waals surface area contributed by atoms with Crippen LogP contribution < -0.4 is 18.9 Å². The molecule has 0 aromatic heterocycles. The van der Waals surface area contributed by atoms with Crippen molar-refractivity contribution in [2.45, 2.75) is 20.5 Å². The monoisotopic (exact) mass is 503 g/mol. The van der Waals surface area contributed by atoms with Crippen molar-refractivity contribution in [2.75, 3.05) is 19.9 Å². The third-order valence-electron chi connectivity index (χ3n) is 5.81. The summed E-state index contributed by atoms with van der Waals surface area (Å²) in [6.07, 6.45) is 1.72. The minimum Gasteiger partial charge on any atom is -0.491 e. The van der Waals surface area contributed by atoms with Crippen molar-refractivity contribution in [3.8, 4) is 23.0 Å².